The second-order valence-electron chi connectivity index (χ2n) is 2.70. The zero-order chi connectivity index (χ0) is 11.4. The average molecular weight is 267 g/mol. The SMILES string of the molecule is O=C(O)C(CO)Sc1cc(Cl)ccc1Cl. The summed E-state index contributed by atoms with van der Waals surface area (Å²) >= 11 is 12.6. The van der Waals surface area contributed by atoms with Crippen molar-refractivity contribution in [1.29, 1.82) is 0 Å². The first kappa shape index (κ1) is 12.6. The van der Waals surface area contributed by atoms with Crippen LogP contribution in [-0.2, 0) is 4.79 Å². The lowest BCUT2D eigenvalue weighted by molar-refractivity contribution is -0.137. The normalized spacial score (nSPS) is 12.5. The van der Waals surface area contributed by atoms with Gasteiger partial charge >= 0.3 is 5.97 Å². The van der Waals surface area contributed by atoms with Crippen LogP contribution in [0.5, 0.6) is 0 Å². The van der Waals surface area contributed by atoms with Crippen LogP contribution >= 0.6 is 35.0 Å². The van der Waals surface area contributed by atoms with E-state index in [-0.39, 0.29) is 0 Å². The minimum atomic E-state index is -1.08. The van der Waals surface area contributed by atoms with Gasteiger partial charge in [-0.15, -0.1) is 11.8 Å². The van der Waals surface area contributed by atoms with E-state index in [0.717, 1.165) is 11.8 Å². The van der Waals surface area contributed by atoms with Crippen LogP contribution in [0, 0.1) is 0 Å². The fraction of sp³-hybridized carbons (Fsp3) is 0.222. The van der Waals surface area contributed by atoms with Crippen LogP contribution in [0.1, 0.15) is 0 Å². The number of thioether (sulfide) groups is 1. The van der Waals surface area contributed by atoms with E-state index in [9.17, 15) is 4.79 Å². The van der Waals surface area contributed by atoms with Crippen molar-refractivity contribution in [2.75, 3.05) is 6.61 Å². The van der Waals surface area contributed by atoms with Crippen LogP contribution in [0.2, 0.25) is 10.0 Å². The molecule has 2 N–H and O–H groups in total. The van der Waals surface area contributed by atoms with Crippen LogP contribution in [-0.4, -0.2) is 28.0 Å². The van der Waals surface area contributed by atoms with Gasteiger partial charge in [0, 0.05) is 9.92 Å². The molecule has 3 nitrogen and oxygen atoms in total. The number of carboxylic acids is 1. The molecule has 0 aliphatic heterocycles. The number of aliphatic hydroxyl groups is 1. The third-order valence-electron chi connectivity index (χ3n) is 1.60. The van der Waals surface area contributed by atoms with Gasteiger partial charge in [-0.25, -0.2) is 0 Å². The first-order chi connectivity index (χ1) is 7.04. The van der Waals surface area contributed by atoms with Crippen LogP contribution in [0.25, 0.3) is 0 Å². The van der Waals surface area contributed by atoms with Crippen LogP contribution in [0.3, 0.4) is 0 Å². The minimum absolute atomic E-state index is 0.420. The van der Waals surface area contributed by atoms with Gasteiger partial charge in [-0.2, -0.15) is 0 Å². The van der Waals surface area contributed by atoms with E-state index in [4.69, 9.17) is 33.4 Å². The Bertz CT molecular complexity index is 370. The molecule has 1 atom stereocenters. The Labute approximate surface area is 101 Å². The largest absolute Gasteiger partial charge is 0.480 e. The second-order valence-corrected chi connectivity index (χ2v) is 4.79. The Morgan fingerprint density at radius 1 is 1.47 bits per heavy atom. The van der Waals surface area contributed by atoms with Gasteiger partial charge in [-0.1, -0.05) is 23.2 Å². The molecule has 0 heterocycles. The molecule has 0 aliphatic rings. The molecule has 0 fully saturated rings. The molecule has 0 aliphatic carbocycles. The van der Waals surface area contributed by atoms with Gasteiger partial charge in [0.05, 0.1) is 11.6 Å². The average Bonchev–Trinajstić information content (AvgIpc) is 2.18. The van der Waals surface area contributed by atoms with E-state index in [2.05, 4.69) is 0 Å². The molecule has 6 heteroatoms. The van der Waals surface area contributed by atoms with Gasteiger partial charge in [0.25, 0.3) is 0 Å². The fourth-order valence-corrected chi connectivity index (χ4v) is 2.23. The van der Waals surface area contributed by atoms with Gasteiger partial charge in [0.1, 0.15) is 5.25 Å². The lowest BCUT2D eigenvalue weighted by atomic mass is 10.4. The minimum Gasteiger partial charge on any atom is -0.480 e. The van der Waals surface area contributed by atoms with E-state index in [0.29, 0.717) is 14.9 Å². The molecule has 0 radical (unpaired) electrons. The van der Waals surface area contributed by atoms with Gasteiger partial charge in [-0.05, 0) is 18.2 Å². The number of benzene rings is 1. The van der Waals surface area contributed by atoms with Crippen molar-refractivity contribution in [1.82, 2.24) is 0 Å². The van der Waals surface area contributed by atoms with Crippen molar-refractivity contribution in [2.24, 2.45) is 0 Å². The highest BCUT2D eigenvalue weighted by Crippen LogP contribution is 2.32. The first-order valence-corrected chi connectivity index (χ1v) is 5.63. The van der Waals surface area contributed by atoms with Gasteiger partial charge < -0.3 is 10.2 Å². The molecule has 15 heavy (non-hydrogen) atoms. The lowest BCUT2D eigenvalue weighted by Crippen LogP contribution is -2.20. The maximum Gasteiger partial charge on any atom is 0.319 e. The number of rotatable bonds is 4. The summed E-state index contributed by atoms with van der Waals surface area (Å²) in [7, 11) is 0. The highest BCUT2D eigenvalue weighted by Gasteiger charge is 2.19. The van der Waals surface area contributed by atoms with Gasteiger partial charge in [-0.3, -0.25) is 4.79 Å². The maximum absolute atomic E-state index is 10.7. The Hall–Kier alpha value is -0.420. The van der Waals surface area contributed by atoms with Crippen molar-refractivity contribution < 1.29 is 15.0 Å². The Morgan fingerprint density at radius 3 is 2.67 bits per heavy atom. The molecule has 1 unspecified atom stereocenters. The highest BCUT2D eigenvalue weighted by atomic mass is 35.5. The quantitative estimate of drug-likeness (QED) is 0.823. The summed E-state index contributed by atoms with van der Waals surface area (Å²) in [5.41, 5.74) is 0. The molecule has 1 rings (SSSR count). The van der Waals surface area contributed by atoms with E-state index < -0.39 is 17.8 Å². The molecule has 0 saturated carbocycles. The first-order valence-electron chi connectivity index (χ1n) is 4.00. The molecule has 0 amide bonds. The third kappa shape index (κ3) is 3.57. The summed E-state index contributed by atoms with van der Waals surface area (Å²) in [5, 5.41) is 17.5. The number of aliphatic carboxylic acids is 1. The Morgan fingerprint density at radius 2 is 2.13 bits per heavy atom. The monoisotopic (exact) mass is 266 g/mol. The van der Waals surface area contributed by atoms with E-state index in [1.807, 2.05) is 0 Å². The van der Waals surface area contributed by atoms with Crippen molar-refractivity contribution in [3.05, 3.63) is 28.2 Å². The van der Waals surface area contributed by atoms with Crippen molar-refractivity contribution in [3.8, 4) is 0 Å². The Kier molecular flexibility index (Phi) is 4.73. The van der Waals surface area contributed by atoms with Crippen LogP contribution < -0.4 is 0 Å². The van der Waals surface area contributed by atoms with Crippen molar-refractivity contribution >= 4 is 40.9 Å². The van der Waals surface area contributed by atoms with Crippen molar-refractivity contribution in [2.45, 2.75) is 10.1 Å². The van der Waals surface area contributed by atoms with E-state index >= 15 is 0 Å². The molecule has 82 valence electrons. The fourth-order valence-electron chi connectivity index (χ4n) is 0.887. The standard InChI is InChI=1S/C9H8Cl2O3S/c10-5-1-2-6(11)7(3-5)15-8(4-12)9(13)14/h1-3,8,12H,4H2,(H,13,14). The van der Waals surface area contributed by atoms with Crippen LogP contribution in [0.4, 0.5) is 0 Å². The summed E-state index contributed by atoms with van der Waals surface area (Å²) in [4.78, 5) is 11.2. The molecule has 0 saturated heterocycles. The molecule has 0 spiro atoms. The molecule has 0 bridgehead atoms. The third-order valence-corrected chi connectivity index (χ3v) is 3.51. The Balaban J connectivity index is 2.87. The predicted octanol–water partition coefficient (Wildman–Crippen LogP) is 2.53. The summed E-state index contributed by atoms with van der Waals surface area (Å²) in [6.07, 6.45) is 0. The number of carbonyl (C=O) groups is 1. The van der Waals surface area contributed by atoms with Gasteiger partial charge in [0.2, 0.25) is 0 Å². The van der Waals surface area contributed by atoms with E-state index in [1.165, 1.54) is 0 Å². The number of carboxylic acid groups (broad SMARTS) is 1. The summed E-state index contributed by atoms with van der Waals surface area (Å²) in [6, 6.07) is 4.77. The summed E-state index contributed by atoms with van der Waals surface area (Å²) in [6.45, 7) is -0.456. The van der Waals surface area contributed by atoms with Gasteiger partial charge in [0.15, 0.2) is 0 Å². The lowest BCUT2D eigenvalue weighted by Gasteiger charge is -2.10. The summed E-state index contributed by atoms with van der Waals surface area (Å²) in [5.74, 6) is -1.08. The zero-order valence-corrected chi connectivity index (χ0v) is 9.81. The van der Waals surface area contributed by atoms with Crippen molar-refractivity contribution in [3.63, 3.8) is 0 Å². The molecular formula is C9H8Cl2O3S. The number of hydrogen-bond acceptors (Lipinski definition) is 3. The number of aliphatic hydroxyl groups excluding tert-OH is 1. The van der Waals surface area contributed by atoms with Crippen LogP contribution in [0.15, 0.2) is 23.1 Å². The molecule has 1 aromatic carbocycles. The topological polar surface area (TPSA) is 57.5 Å². The maximum atomic E-state index is 10.7. The van der Waals surface area contributed by atoms with E-state index in [1.54, 1.807) is 18.2 Å². The second kappa shape index (κ2) is 5.61. The zero-order valence-electron chi connectivity index (χ0n) is 7.48. The summed E-state index contributed by atoms with van der Waals surface area (Å²) < 4.78 is 0. The predicted molar refractivity (Wildman–Crippen MR) is 60.8 cm³/mol. The smallest absolute Gasteiger partial charge is 0.319 e. The number of halogens is 2. The molecule has 0 aromatic heterocycles. The number of hydrogen-bond donors (Lipinski definition) is 2. The highest BCUT2D eigenvalue weighted by molar-refractivity contribution is 8.00. The molecular weight excluding hydrogens is 259 g/mol. The molecule has 1 aromatic rings.